The molecule has 2 unspecified atom stereocenters. The normalized spacial score (nSPS) is 23.4. The van der Waals surface area contributed by atoms with E-state index in [-0.39, 0.29) is 6.61 Å². The van der Waals surface area contributed by atoms with E-state index in [4.69, 9.17) is 5.73 Å². The van der Waals surface area contributed by atoms with Gasteiger partial charge < -0.3 is 15.7 Å². The molecule has 1 fully saturated rings. The van der Waals surface area contributed by atoms with Crippen molar-refractivity contribution in [3.63, 3.8) is 0 Å². The number of nitrogens with two attached hydrogens (primary N) is 1. The molecule has 20 heavy (non-hydrogen) atoms. The standard InChI is InChI=1S/C17H28N2O/c1-2-16-10-6-7-12-19(16)13-11-17(18,14-20)15-8-4-3-5-9-15/h3-5,8-9,16,20H,2,6-7,10-14,18H2,1H3. The highest BCUT2D eigenvalue weighted by Crippen LogP contribution is 2.25. The minimum atomic E-state index is -0.614. The van der Waals surface area contributed by atoms with E-state index in [2.05, 4.69) is 11.8 Å². The number of hydrogen-bond acceptors (Lipinski definition) is 3. The van der Waals surface area contributed by atoms with E-state index in [1.807, 2.05) is 30.3 Å². The fourth-order valence-corrected chi connectivity index (χ4v) is 3.24. The summed E-state index contributed by atoms with van der Waals surface area (Å²) in [5, 5.41) is 9.75. The van der Waals surface area contributed by atoms with Crippen LogP contribution in [0.1, 0.15) is 44.6 Å². The molecule has 0 amide bonds. The van der Waals surface area contributed by atoms with Crippen molar-refractivity contribution in [2.24, 2.45) is 5.73 Å². The van der Waals surface area contributed by atoms with Crippen molar-refractivity contribution in [1.29, 1.82) is 0 Å². The molecule has 112 valence electrons. The minimum Gasteiger partial charge on any atom is -0.394 e. The molecule has 0 bridgehead atoms. The predicted octanol–water partition coefficient (Wildman–Crippen LogP) is 2.49. The maximum absolute atomic E-state index is 9.75. The Morgan fingerprint density at radius 1 is 1.30 bits per heavy atom. The van der Waals surface area contributed by atoms with Crippen molar-refractivity contribution in [2.45, 2.75) is 50.6 Å². The largest absolute Gasteiger partial charge is 0.394 e. The second kappa shape index (κ2) is 7.21. The highest BCUT2D eigenvalue weighted by Gasteiger charge is 2.29. The van der Waals surface area contributed by atoms with Gasteiger partial charge in [0.15, 0.2) is 0 Å². The number of rotatable bonds is 6. The van der Waals surface area contributed by atoms with Crippen LogP contribution in [0.25, 0.3) is 0 Å². The van der Waals surface area contributed by atoms with Crippen LogP contribution in [0.15, 0.2) is 30.3 Å². The molecule has 3 heteroatoms. The first-order chi connectivity index (χ1) is 9.69. The summed E-state index contributed by atoms with van der Waals surface area (Å²) in [6, 6.07) is 10.7. The summed E-state index contributed by atoms with van der Waals surface area (Å²) in [6.45, 7) is 4.42. The molecule has 3 nitrogen and oxygen atoms in total. The zero-order valence-electron chi connectivity index (χ0n) is 12.6. The van der Waals surface area contributed by atoms with Crippen molar-refractivity contribution >= 4 is 0 Å². The fourth-order valence-electron chi connectivity index (χ4n) is 3.24. The minimum absolute atomic E-state index is 0.00163. The van der Waals surface area contributed by atoms with E-state index >= 15 is 0 Å². The third-order valence-electron chi connectivity index (χ3n) is 4.70. The number of piperidine rings is 1. The molecule has 1 aliphatic rings. The molecule has 1 saturated heterocycles. The zero-order valence-corrected chi connectivity index (χ0v) is 12.6. The molecule has 1 aliphatic heterocycles. The van der Waals surface area contributed by atoms with Gasteiger partial charge in [-0.1, -0.05) is 43.7 Å². The first-order valence-corrected chi connectivity index (χ1v) is 7.89. The number of aliphatic hydroxyl groups is 1. The molecule has 1 aromatic rings. The van der Waals surface area contributed by atoms with Crippen LogP contribution in [-0.4, -0.2) is 35.7 Å². The van der Waals surface area contributed by atoms with E-state index < -0.39 is 5.54 Å². The molecule has 1 aromatic carbocycles. The third-order valence-corrected chi connectivity index (χ3v) is 4.70. The van der Waals surface area contributed by atoms with E-state index in [1.165, 1.54) is 32.2 Å². The molecular formula is C17H28N2O. The number of hydrogen-bond donors (Lipinski definition) is 2. The fraction of sp³-hybridized carbons (Fsp3) is 0.647. The lowest BCUT2D eigenvalue weighted by Gasteiger charge is -2.38. The Bertz CT molecular complexity index is 395. The lowest BCUT2D eigenvalue weighted by molar-refractivity contribution is 0.113. The van der Waals surface area contributed by atoms with Gasteiger partial charge in [-0.15, -0.1) is 0 Å². The summed E-state index contributed by atoms with van der Waals surface area (Å²) in [4.78, 5) is 2.56. The van der Waals surface area contributed by atoms with E-state index in [0.717, 1.165) is 18.5 Å². The van der Waals surface area contributed by atoms with Gasteiger partial charge >= 0.3 is 0 Å². The van der Waals surface area contributed by atoms with Crippen molar-refractivity contribution in [2.75, 3.05) is 19.7 Å². The van der Waals surface area contributed by atoms with Crippen LogP contribution in [0.5, 0.6) is 0 Å². The molecule has 2 atom stereocenters. The molecule has 3 N–H and O–H groups in total. The second-order valence-electron chi connectivity index (χ2n) is 6.02. The quantitative estimate of drug-likeness (QED) is 0.839. The average Bonchev–Trinajstić information content (AvgIpc) is 2.53. The molecule has 2 rings (SSSR count). The Morgan fingerprint density at radius 2 is 2.05 bits per heavy atom. The van der Waals surface area contributed by atoms with Crippen molar-refractivity contribution in [3.05, 3.63) is 35.9 Å². The lowest BCUT2D eigenvalue weighted by Crippen LogP contribution is -2.46. The maximum Gasteiger partial charge on any atom is 0.0656 e. The first-order valence-electron chi connectivity index (χ1n) is 7.89. The van der Waals surface area contributed by atoms with Gasteiger partial charge in [0, 0.05) is 12.6 Å². The Balaban J connectivity index is 1.99. The summed E-state index contributed by atoms with van der Waals surface area (Å²) in [5.41, 5.74) is 6.87. The maximum atomic E-state index is 9.75. The van der Waals surface area contributed by atoms with Crippen LogP contribution in [0.2, 0.25) is 0 Å². The molecule has 0 aliphatic carbocycles. The average molecular weight is 276 g/mol. The molecule has 0 spiro atoms. The highest BCUT2D eigenvalue weighted by molar-refractivity contribution is 5.24. The van der Waals surface area contributed by atoms with Gasteiger partial charge in [-0.25, -0.2) is 0 Å². The summed E-state index contributed by atoms with van der Waals surface area (Å²) in [6.07, 6.45) is 5.96. The van der Waals surface area contributed by atoms with Gasteiger partial charge in [0.1, 0.15) is 0 Å². The molecule has 0 radical (unpaired) electrons. The predicted molar refractivity (Wildman–Crippen MR) is 83.5 cm³/mol. The lowest BCUT2D eigenvalue weighted by atomic mass is 9.87. The van der Waals surface area contributed by atoms with Gasteiger partial charge in [-0.2, -0.15) is 0 Å². The zero-order chi connectivity index (χ0) is 14.4. The Morgan fingerprint density at radius 3 is 2.70 bits per heavy atom. The molecule has 0 aromatic heterocycles. The molecular weight excluding hydrogens is 248 g/mol. The number of aliphatic hydroxyl groups excluding tert-OH is 1. The van der Waals surface area contributed by atoms with E-state index in [1.54, 1.807) is 0 Å². The Labute approximate surface area is 122 Å². The van der Waals surface area contributed by atoms with Crippen LogP contribution < -0.4 is 5.73 Å². The number of benzene rings is 1. The highest BCUT2D eigenvalue weighted by atomic mass is 16.3. The summed E-state index contributed by atoms with van der Waals surface area (Å²) in [5.74, 6) is 0. The Kier molecular flexibility index (Phi) is 5.58. The monoisotopic (exact) mass is 276 g/mol. The number of nitrogens with zero attached hydrogens (tertiary/aromatic N) is 1. The van der Waals surface area contributed by atoms with Gasteiger partial charge in [0.2, 0.25) is 0 Å². The van der Waals surface area contributed by atoms with Crippen LogP contribution in [0.3, 0.4) is 0 Å². The first kappa shape index (κ1) is 15.5. The van der Waals surface area contributed by atoms with E-state index in [0.29, 0.717) is 6.04 Å². The van der Waals surface area contributed by atoms with Gasteiger partial charge in [-0.3, -0.25) is 0 Å². The molecule has 1 heterocycles. The van der Waals surface area contributed by atoms with Gasteiger partial charge in [-0.05, 0) is 37.8 Å². The third kappa shape index (κ3) is 3.60. The van der Waals surface area contributed by atoms with Crippen LogP contribution in [0.4, 0.5) is 0 Å². The van der Waals surface area contributed by atoms with Gasteiger partial charge in [0.25, 0.3) is 0 Å². The summed E-state index contributed by atoms with van der Waals surface area (Å²) < 4.78 is 0. The topological polar surface area (TPSA) is 49.5 Å². The summed E-state index contributed by atoms with van der Waals surface area (Å²) in [7, 11) is 0. The van der Waals surface area contributed by atoms with Crippen molar-refractivity contribution in [3.8, 4) is 0 Å². The van der Waals surface area contributed by atoms with Crippen LogP contribution in [-0.2, 0) is 5.54 Å². The van der Waals surface area contributed by atoms with Crippen LogP contribution in [0, 0.1) is 0 Å². The van der Waals surface area contributed by atoms with Crippen molar-refractivity contribution < 1.29 is 5.11 Å². The smallest absolute Gasteiger partial charge is 0.0656 e. The van der Waals surface area contributed by atoms with E-state index in [9.17, 15) is 5.11 Å². The Hall–Kier alpha value is -0.900. The van der Waals surface area contributed by atoms with Crippen LogP contribution >= 0.6 is 0 Å². The SMILES string of the molecule is CCC1CCCCN1CCC(N)(CO)c1ccccc1. The van der Waals surface area contributed by atoms with Gasteiger partial charge in [0.05, 0.1) is 12.1 Å². The number of likely N-dealkylation sites (tertiary alicyclic amines) is 1. The molecule has 0 saturated carbocycles. The van der Waals surface area contributed by atoms with Crippen molar-refractivity contribution in [1.82, 2.24) is 4.90 Å². The second-order valence-corrected chi connectivity index (χ2v) is 6.02. The summed E-state index contributed by atoms with van der Waals surface area (Å²) >= 11 is 0.